The van der Waals surface area contributed by atoms with E-state index in [4.69, 9.17) is 9.47 Å². The number of para-hydroxylation sites is 1. The van der Waals surface area contributed by atoms with E-state index in [9.17, 15) is 4.79 Å². The summed E-state index contributed by atoms with van der Waals surface area (Å²) in [5.41, 5.74) is 2.46. The molecule has 0 aliphatic carbocycles. The fourth-order valence-electron chi connectivity index (χ4n) is 2.47. The van der Waals surface area contributed by atoms with Crippen LogP contribution in [0.1, 0.15) is 18.2 Å². The average Bonchev–Trinajstić information content (AvgIpc) is 2.61. The van der Waals surface area contributed by atoms with Crippen molar-refractivity contribution in [3.63, 3.8) is 0 Å². The summed E-state index contributed by atoms with van der Waals surface area (Å²) in [6.45, 7) is 1.36. The second-order valence-electron chi connectivity index (χ2n) is 5.38. The molecule has 3 rings (SSSR count). The summed E-state index contributed by atoms with van der Waals surface area (Å²) in [6.07, 6.45) is 3.73. The van der Waals surface area contributed by atoms with Crippen LogP contribution in [-0.2, 0) is 4.79 Å². The fraction of sp³-hybridized carbons (Fsp3) is 0.100. The van der Waals surface area contributed by atoms with Crippen LogP contribution in [0.2, 0.25) is 0 Å². The molecule has 2 aromatic carbocycles. The van der Waals surface area contributed by atoms with Crippen LogP contribution in [0.4, 0.5) is 0 Å². The molecule has 1 heterocycles. The molecular weight excluding hydrogens is 382 g/mol. The SMILES string of the molecule is COc1cc(Br)cc(/C=C/c2ccc3ccccc3n2)c1OC(C)=O. The standard InChI is InChI=1S/C20H16BrNO3/c1-13(23)25-20-15(11-16(21)12-19(20)24-2)8-10-17-9-7-14-5-3-4-6-18(14)22-17/h3-12H,1-2H3/b10-8+. The van der Waals surface area contributed by atoms with Gasteiger partial charge in [-0.25, -0.2) is 4.98 Å². The largest absolute Gasteiger partial charge is 0.493 e. The molecule has 0 amide bonds. The van der Waals surface area contributed by atoms with E-state index in [2.05, 4.69) is 20.9 Å². The lowest BCUT2D eigenvalue weighted by molar-refractivity contribution is -0.132. The topological polar surface area (TPSA) is 48.4 Å². The molecule has 0 saturated carbocycles. The average molecular weight is 398 g/mol. The van der Waals surface area contributed by atoms with Crippen LogP contribution in [0, 0.1) is 0 Å². The summed E-state index contributed by atoms with van der Waals surface area (Å²) in [5.74, 6) is 0.463. The van der Waals surface area contributed by atoms with Gasteiger partial charge in [0.1, 0.15) is 0 Å². The first-order chi connectivity index (χ1) is 12.1. The van der Waals surface area contributed by atoms with Gasteiger partial charge in [0.05, 0.1) is 18.3 Å². The number of pyridine rings is 1. The molecule has 126 valence electrons. The predicted octanol–water partition coefficient (Wildman–Crippen LogP) is 5.10. The molecule has 0 unspecified atom stereocenters. The van der Waals surface area contributed by atoms with Crippen molar-refractivity contribution in [3.8, 4) is 11.5 Å². The number of hydrogen-bond donors (Lipinski definition) is 0. The number of hydrogen-bond acceptors (Lipinski definition) is 4. The number of halogens is 1. The lowest BCUT2D eigenvalue weighted by Crippen LogP contribution is -2.04. The van der Waals surface area contributed by atoms with Gasteiger partial charge in [0.2, 0.25) is 0 Å². The van der Waals surface area contributed by atoms with Gasteiger partial charge in [0.15, 0.2) is 11.5 Å². The van der Waals surface area contributed by atoms with E-state index in [-0.39, 0.29) is 0 Å². The second-order valence-corrected chi connectivity index (χ2v) is 6.30. The Morgan fingerprint density at radius 2 is 1.92 bits per heavy atom. The Morgan fingerprint density at radius 1 is 1.12 bits per heavy atom. The van der Waals surface area contributed by atoms with Crippen LogP contribution in [0.3, 0.4) is 0 Å². The van der Waals surface area contributed by atoms with Crippen molar-refractivity contribution in [2.45, 2.75) is 6.92 Å². The minimum Gasteiger partial charge on any atom is -0.493 e. The van der Waals surface area contributed by atoms with Gasteiger partial charge in [-0.15, -0.1) is 0 Å². The van der Waals surface area contributed by atoms with Crippen LogP contribution in [-0.4, -0.2) is 18.1 Å². The molecule has 1 aromatic heterocycles. The van der Waals surface area contributed by atoms with E-state index in [1.807, 2.05) is 54.6 Å². The van der Waals surface area contributed by atoms with E-state index < -0.39 is 5.97 Å². The van der Waals surface area contributed by atoms with Gasteiger partial charge >= 0.3 is 5.97 Å². The molecular formula is C20H16BrNO3. The van der Waals surface area contributed by atoms with Crippen LogP contribution >= 0.6 is 15.9 Å². The van der Waals surface area contributed by atoms with E-state index >= 15 is 0 Å². The molecule has 0 fully saturated rings. The third-order valence-electron chi connectivity index (χ3n) is 3.57. The van der Waals surface area contributed by atoms with Gasteiger partial charge in [-0.2, -0.15) is 0 Å². The van der Waals surface area contributed by atoms with Crippen LogP contribution in [0.25, 0.3) is 23.1 Å². The highest BCUT2D eigenvalue weighted by molar-refractivity contribution is 9.10. The Labute approximate surface area is 154 Å². The molecule has 5 heteroatoms. The molecule has 3 aromatic rings. The number of aromatic nitrogens is 1. The fourth-order valence-corrected chi connectivity index (χ4v) is 2.92. The highest BCUT2D eigenvalue weighted by Crippen LogP contribution is 2.36. The summed E-state index contributed by atoms with van der Waals surface area (Å²) in [7, 11) is 1.53. The summed E-state index contributed by atoms with van der Waals surface area (Å²) < 4.78 is 11.5. The number of carbonyl (C=O) groups is 1. The first-order valence-corrected chi connectivity index (χ1v) is 8.46. The quantitative estimate of drug-likeness (QED) is 0.453. The molecule has 0 atom stereocenters. The number of methoxy groups -OCH3 is 1. The first kappa shape index (κ1) is 17.2. The zero-order valence-corrected chi connectivity index (χ0v) is 15.4. The normalized spacial score (nSPS) is 11.0. The van der Waals surface area contributed by atoms with E-state index in [1.54, 1.807) is 6.07 Å². The monoisotopic (exact) mass is 397 g/mol. The highest BCUT2D eigenvalue weighted by atomic mass is 79.9. The number of fused-ring (bicyclic) bond motifs is 1. The smallest absolute Gasteiger partial charge is 0.308 e. The summed E-state index contributed by atoms with van der Waals surface area (Å²) >= 11 is 3.44. The van der Waals surface area contributed by atoms with Crippen molar-refractivity contribution >= 4 is 45.0 Å². The van der Waals surface area contributed by atoms with Gasteiger partial charge in [0, 0.05) is 22.3 Å². The van der Waals surface area contributed by atoms with Crippen molar-refractivity contribution in [2.75, 3.05) is 7.11 Å². The van der Waals surface area contributed by atoms with Crippen molar-refractivity contribution < 1.29 is 14.3 Å². The van der Waals surface area contributed by atoms with Crippen molar-refractivity contribution in [3.05, 3.63) is 64.3 Å². The molecule has 0 radical (unpaired) electrons. The number of nitrogens with zero attached hydrogens (tertiary/aromatic N) is 1. The predicted molar refractivity (Wildman–Crippen MR) is 103 cm³/mol. The second kappa shape index (κ2) is 7.49. The van der Waals surface area contributed by atoms with Gasteiger partial charge in [-0.05, 0) is 36.4 Å². The third kappa shape index (κ3) is 4.06. The lowest BCUT2D eigenvalue weighted by Gasteiger charge is -2.11. The maximum atomic E-state index is 11.4. The van der Waals surface area contributed by atoms with E-state index in [0.717, 1.165) is 26.6 Å². The molecule has 25 heavy (non-hydrogen) atoms. The van der Waals surface area contributed by atoms with E-state index in [0.29, 0.717) is 11.5 Å². The summed E-state index contributed by atoms with van der Waals surface area (Å²) in [6, 6.07) is 15.5. The molecule has 0 bridgehead atoms. The van der Waals surface area contributed by atoms with Crippen LogP contribution in [0.15, 0.2) is 53.0 Å². The Bertz CT molecular complexity index is 966. The van der Waals surface area contributed by atoms with Crippen LogP contribution in [0.5, 0.6) is 11.5 Å². The maximum absolute atomic E-state index is 11.4. The zero-order chi connectivity index (χ0) is 17.8. The summed E-state index contributed by atoms with van der Waals surface area (Å²) in [4.78, 5) is 16.0. The number of ether oxygens (including phenoxy) is 2. The Balaban J connectivity index is 2.01. The number of rotatable bonds is 4. The van der Waals surface area contributed by atoms with Crippen molar-refractivity contribution in [2.24, 2.45) is 0 Å². The number of benzene rings is 2. The van der Waals surface area contributed by atoms with Crippen molar-refractivity contribution in [1.29, 1.82) is 0 Å². The van der Waals surface area contributed by atoms with Gasteiger partial charge in [-0.3, -0.25) is 4.79 Å². The van der Waals surface area contributed by atoms with Gasteiger partial charge < -0.3 is 9.47 Å². The molecule has 0 spiro atoms. The molecule has 0 N–H and O–H groups in total. The van der Waals surface area contributed by atoms with Gasteiger partial charge in [0.25, 0.3) is 0 Å². The molecule has 0 aliphatic rings. The molecule has 0 saturated heterocycles. The Kier molecular flexibility index (Phi) is 5.14. The Hall–Kier alpha value is -2.66. The summed E-state index contributed by atoms with van der Waals surface area (Å²) in [5, 5.41) is 1.09. The minimum absolute atomic E-state index is 0.384. The van der Waals surface area contributed by atoms with Gasteiger partial charge in [-0.1, -0.05) is 40.2 Å². The van der Waals surface area contributed by atoms with E-state index in [1.165, 1.54) is 14.0 Å². The minimum atomic E-state index is -0.404. The number of carbonyl (C=O) groups excluding carboxylic acids is 1. The van der Waals surface area contributed by atoms with Crippen molar-refractivity contribution in [1.82, 2.24) is 4.98 Å². The Morgan fingerprint density at radius 3 is 2.68 bits per heavy atom. The first-order valence-electron chi connectivity index (χ1n) is 7.66. The lowest BCUT2D eigenvalue weighted by atomic mass is 10.1. The zero-order valence-electron chi connectivity index (χ0n) is 13.8. The third-order valence-corrected chi connectivity index (χ3v) is 4.03. The molecule has 4 nitrogen and oxygen atoms in total. The highest BCUT2D eigenvalue weighted by Gasteiger charge is 2.13. The van der Waals surface area contributed by atoms with Crippen LogP contribution < -0.4 is 9.47 Å². The number of esters is 1. The maximum Gasteiger partial charge on any atom is 0.308 e. The molecule has 0 aliphatic heterocycles.